The molecule has 9 rings (SSSR count). The van der Waals surface area contributed by atoms with Gasteiger partial charge in [-0.05, 0) is 92.2 Å². The second kappa shape index (κ2) is 9.68. The molecule has 2 aliphatic heterocycles. The summed E-state index contributed by atoms with van der Waals surface area (Å²) in [5, 5.41) is 5.66. The lowest BCUT2D eigenvalue weighted by Gasteiger charge is -2.48. The Morgan fingerprint density at radius 1 is 0.574 bits per heavy atom. The van der Waals surface area contributed by atoms with E-state index in [2.05, 4.69) is 50.8 Å². The maximum absolute atomic E-state index is 14.0. The van der Waals surface area contributed by atoms with Crippen LogP contribution in [0.3, 0.4) is 0 Å². The molecule has 0 saturated heterocycles. The van der Waals surface area contributed by atoms with Crippen molar-refractivity contribution in [3.63, 3.8) is 0 Å². The number of fused-ring (bicyclic) bond motifs is 5. The topological polar surface area (TPSA) is 63.7 Å². The van der Waals surface area contributed by atoms with Crippen molar-refractivity contribution in [1.29, 1.82) is 0 Å². The lowest BCUT2D eigenvalue weighted by atomic mass is 9.69. The molecule has 7 aromatic rings. The molecule has 0 N–H and O–H groups in total. The summed E-state index contributed by atoms with van der Waals surface area (Å²) >= 11 is 0. The van der Waals surface area contributed by atoms with Crippen LogP contribution in [-0.4, -0.2) is 13.1 Å². The molecular weight excluding hydrogens is 582 g/mol. The normalized spacial score (nSPS) is 16.6. The summed E-state index contributed by atoms with van der Waals surface area (Å²) in [6.45, 7) is 11.2. The molecule has 0 atom stereocenters. The van der Waals surface area contributed by atoms with Gasteiger partial charge in [-0.1, -0.05) is 88.4 Å². The van der Waals surface area contributed by atoms with Crippen LogP contribution in [0.1, 0.15) is 51.7 Å². The Hall–Kier alpha value is -5.16. The molecule has 0 saturated carbocycles. The van der Waals surface area contributed by atoms with Gasteiger partial charge in [0, 0.05) is 35.1 Å². The standard InChI is InChI=1S/C42H35NO4/c1-41(2)15-17-43-18-16-42(3,4)36-37(43)34(41)22-27-21-33(40(45)47-38(27)36)31-14-13-30(28-11-7-8-12-29(28)31)32-20-26-19-24-9-5-6-10-25(24)23-35(26)46-39(32)44/h5-14,19-23H,15-18H2,1-4H3. The average molecular weight is 618 g/mol. The SMILES string of the molecule is CC1(C)CCN2CCC(C)(C)c3c2c1cc1cc(-c2ccc(-c4cc5cc6ccccc6cc5oc4=O)c4ccccc24)c(=O)oc31. The first kappa shape index (κ1) is 28.1. The zero-order valence-electron chi connectivity index (χ0n) is 27.1. The minimum absolute atomic E-state index is 0.0140. The van der Waals surface area contributed by atoms with Crippen molar-refractivity contribution in [1.82, 2.24) is 0 Å². The number of nitrogens with zero attached hydrogens (tertiary/aromatic N) is 1. The van der Waals surface area contributed by atoms with Crippen molar-refractivity contribution >= 4 is 49.2 Å². The van der Waals surface area contributed by atoms with Crippen LogP contribution in [0.15, 0.2) is 109 Å². The van der Waals surface area contributed by atoms with Crippen LogP contribution >= 0.6 is 0 Å². The Balaban J connectivity index is 1.26. The predicted molar refractivity (Wildman–Crippen MR) is 192 cm³/mol. The molecule has 0 spiro atoms. The lowest BCUT2D eigenvalue weighted by Crippen LogP contribution is -2.44. The third kappa shape index (κ3) is 4.15. The van der Waals surface area contributed by atoms with Crippen molar-refractivity contribution in [3.8, 4) is 22.3 Å². The van der Waals surface area contributed by atoms with E-state index in [0.29, 0.717) is 22.3 Å². The molecule has 5 heteroatoms. The van der Waals surface area contributed by atoms with Gasteiger partial charge < -0.3 is 13.7 Å². The lowest BCUT2D eigenvalue weighted by molar-refractivity contribution is 0.398. The Labute approximate surface area is 272 Å². The minimum Gasteiger partial charge on any atom is -0.422 e. The molecule has 2 aromatic heterocycles. The molecule has 0 unspecified atom stereocenters. The van der Waals surface area contributed by atoms with Crippen molar-refractivity contribution in [2.45, 2.75) is 51.4 Å². The summed E-state index contributed by atoms with van der Waals surface area (Å²) in [5.74, 6) is 0. The first-order valence-corrected chi connectivity index (χ1v) is 16.5. The fourth-order valence-corrected chi connectivity index (χ4v) is 8.10. The van der Waals surface area contributed by atoms with Gasteiger partial charge in [0.1, 0.15) is 11.2 Å². The highest BCUT2D eigenvalue weighted by Gasteiger charge is 2.42. The van der Waals surface area contributed by atoms with E-state index >= 15 is 0 Å². The van der Waals surface area contributed by atoms with Crippen LogP contribution in [0, 0.1) is 0 Å². The van der Waals surface area contributed by atoms with Crippen LogP contribution in [0.2, 0.25) is 0 Å². The molecule has 5 nitrogen and oxygen atoms in total. The Morgan fingerprint density at radius 3 is 1.83 bits per heavy atom. The molecule has 0 fully saturated rings. The highest BCUT2D eigenvalue weighted by molar-refractivity contribution is 6.06. The van der Waals surface area contributed by atoms with E-state index in [1.54, 1.807) is 0 Å². The largest absolute Gasteiger partial charge is 0.422 e. The van der Waals surface area contributed by atoms with Gasteiger partial charge in [0.05, 0.1) is 11.1 Å². The van der Waals surface area contributed by atoms with E-state index in [4.69, 9.17) is 8.83 Å². The van der Waals surface area contributed by atoms with E-state index in [9.17, 15) is 9.59 Å². The highest BCUT2D eigenvalue weighted by atomic mass is 16.4. The van der Waals surface area contributed by atoms with E-state index < -0.39 is 5.63 Å². The predicted octanol–water partition coefficient (Wildman–Crippen LogP) is 9.71. The molecule has 232 valence electrons. The average Bonchev–Trinajstić information content (AvgIpc) is 3.05. The van der Waals surface area contributed by atoms with Crippen molar-refractivity contribution in [2.75, 3.05) is 18.0 Å². The Bertz CT molecular complexity index is 2580. The second-order valence-electron chi connectivity index (χ2n) is 14.7. The minimum atomic E-state index is -0.395. The van der Waals surface area contributed by atoms with Crippen LogP contribution in [0.5, 0.6) is 0 Å². The zero-order chi connectivity index (χ0) is 32.2. The summed E-state index contributed by atoms with van der Waals surface area (Å²) in [6, 6.07) is 30.0. The van der Waals surface area contributed by atoms with E-state index in [1.807, 2.05) is 72.8 Å². The molecule has 2 aliphatic rings. The van der Waals surface area contributed by atoms with Gasteiger partial charge in [-0.25, -0.2) is 9.59 Å². The number of hydrogen-bond donors (Lipinski definition) is 0. The van der Waals surface area contributed by atoms with Gasteiger partial charge in [0.15, 0.2) is 0 Å². The van der Waals surface area contributed by atoms with Gasteiger partial charge >= 0.3 is 11.3 Å². The number of anilines is 1. The zero-order valence-corrected chi connectivity index (χ0v) is 27.1. The summed E-state index contributed by atoms with van der Waals surface area (Å²) in [5.41, 5.74) is 6.70. The van der Waals surface area contributed by atoms with Crippen LogP contribution < -0.4 is 16.2 Å². The highest BCUT2D eigenvalue weighted by Crippen LogP contribution is 2.52. The molecule has 0 amide bonds. The Morgan fingerprint density at radius 2 is 1.15 bits per heavy atom. The molecule has 47 heavy (non-hydrogen) atoms. The number of rotatable bonds is 2. The maximum atomic E-state index is 14.0. The van der Waals surface area contributed by atoms with Crippen molar-refractivity contribution in [2.24, 2.45) is 0 Å². The second-order valence-corrected chi connectivity index (χ2v) is 14.7. The van der Waals surface area contributed by atoms with Gasteiger partial charge in [0.2, 0.25) is 0 Å². The van der Waals surface area contributed by atoms with E-state index in [1.165, 1.54) is 11.3 Å². The summed E-state index contributed by atoms with van der Waals surface area (Å²) in [7, 11) is 0. The monoisotopic (exact) mass is 617 g/mol. The number of benzene rings is 5. The first-order valence-electron chi connectivity index (χ1n) is 16.5. The van der Waals surface area contributed by atoms with Crippen LogP contribution in [-0.2, 0) is 10.8 Å². The van der Waals surface area contributed by atoms with E-state index in [-0.39, 0.29) is 16.5 Å². The van der Waals surface area contributed by atoms with Gasteiger partial charge in [-0.3, -0.25) is 0 Å². The first-order chi connectivity index (χ1) is 22.6. The molecule has 0 bridgehead atoms. The van der Waals surface area contributed by atoms with Gasteiger partial charge in [-0.2, -0.15) is 0 Å². The summed E-state index contributed by atoms with van der Waals surface area (Å²) in [4.78, 5) is 29.9. The van der Waals surface area contributed by atoms with Gasteiger partial charge in [-0.15, -0.1) is 0 Å². The molecule has 0 aliphatic carbocycles. The van der Waals surface area contributed by atoms with Crippen molar-refractivity contribution in [3.05, 3.63) is 123 Å². The smallest absolute Gasteiger partial charge is 0.344 e. The van der Waals surface area contributed by atoms with Crippen LogP contribution in [0.4, 0.5) is 5.69 Å². The third-order valence-corrected chi connectivity index (χ3v) is 10.8. The number of hydrogen-bond acceptors (Lipinski definition) is 5. The van der Waals surface area contributed by atoms with Gasteiger partial charge in [0.25, 0.3) is 0 Å². The maximum Gasteiger partial charge on any atom is 0.344 e. The molecule has 4 heterocycles. The van der Waals surface area contributed by atoms with Crippen LogP contribution in [0.25, 0.3) is 65.7 Å². The van der Waals surface area contributed by atoms with E-state index in [0.717, 1.165) is 74.9 Å². The van der Waals surface area contributed by atoms with Crippen molar-refractivity contribution < 1.29 is 8.83 Å². The summed E-state index contributed by atoms with van der Waals surface area (Å²) in [6.07, 6.45) is 2.09. The summed E-state index contributed by atoms with van der Waals surface area (Å²) < 4.78 is 12.2. The molecular formula is C42H35NO4. The fraction of sp³-hybridized carbons (Fsp3) is 0.238. The fourth-order valence-electron chi connectivity index (χ4n) is 8.10. The molecule has 5 aromatic carbocycles. The Kier molecular flexibility index (Phi) is 5.78. The molecule has 0 radical (unpaired) electrons. The quantitative estimate of drug-likeness (QED) is 0.143. The third-order valence-electron chi connectivity index (χ3n) is 10.8.